The molecule has 5 heteroatoms. The second-order valence-electron chi connectivity index (χ2n) is 4.33. The van der Waals surface area contributed by atoms with Gasteiger partial charge in [-0.25, -0.2) is 0 Å². The number of rotatable bonds is 3. The zero-order valence-electron chi connectivity index (χ0n) is 9.42. The van der Waals surface area contributed by atoms with Crippen LogP contribution in [-0.4, -0.2) is 21.2 Å². The molecule has 0 spiro atoms. The maximum atomic E-state index is 5.88. The summed E-state index contributed by atoms with van der Waals surface area (Å²) in [5.41, 5.74) is 0. The van der Waals surface area contributed by atoms with E-state index in [-0.39, 0.29) is 0 Å². The van der Waals surface area contributed by atoms with E-state index >= 15 is 0 Å². The van der Waals surface area contributed by atoms with Gasteiger partial charge in [-0.3, -0.25) is 9.58 Å². The molecule has 0 bridgehead atoms. The fraction of sp³-hybridized carbons (Fsp3) is 0.417. The van der Waals surface area contributed by atoms with Crippen LogP contribution in [0.5, 0.6) is 0 Å². The molecule has 2 aromatic rings. The van der Waals surface area contributed by atoms with Crippen molar-refractivity contribution in [3.63, 3.8) is 0 Å². The Hall–Kier alpha value is -0.840. The molecule has 0 amide bonds. The topological polar surface area (TPSA) is 21.1 Å². The zero-order chi connectivity index (χ0) is 11.7. The highest BCUT2D eigenvalue weighted by Crippen LogP contribution is 2.34. The van der Waals surface area contributed by atoms with Crippen LogP contribution in [0, 0.1) is 0 Å². The molecule has 1 unspecified atom stereocenters. The lowest BCUT2D eigenvalue weighted by atomic mass is 10.2. The van der Waals surface area contributed by atoms with Gasteiger partial charge < -0.3 is 0 Å². The molecule has 1 aliphatic heterocycles. The van der Waals surface area contributed by atoms with E-state index in [1.807, 2.05) is 22.2 Å². The van der Waals surface area contributed by atoms with E-state index < -0.39 is 0 Å². The highest BCUT2D eigenvalue weighted by molar-refractivity contribution is 7.10. The molecule has 0 aromatic carbocycles. The first kappa shape index (κ1) is 11.3. The van der Waals surface area contributed by atoms with E-state index in [1.165, 1.54) is 17.7 Å². The number of hydrogen-bond donors (Lipinski definition) is 0. The number of halogens is 1. The monoisotopic (exact) mass is 267 g/mol. The Morgan fingerprint density at radius 2 is 2.47 bits per heavy atom. The van der Waals surface area contributed by atoms with Crippen molar-refractivity contribution in [3.8, 4) is 0 Å². The van der Waals surface area contributed by atoms with Crippen LogP contribution in [0.4, 0.5) is 0 Å². The lowest BCUT2D eigenvalue weighted by Crippen LogP contribution is -2.25. The summed E-state index contributed by atoms with van der Waals surface area (Å²) in [4.78, 5) is 3.93. The van der Waals surface area contributed by atoms with Gasteiger partial charge in [-0.05, 0) is 24.3 Å². The van der Waals surface area contributed by atoms with Crippen molar-refractivity contribution in [2.24, 2.45) is 0 Å². The van der Waals surface area contributed by atoms with Crippen molar-refractivity contribution in [1.29, 1.82) is 0 Å². The lowest BCUT2D eigenvalue weighted by Gasteiger charge is -2.23. The zero-order valence-corrected chi connectivity index (χ0v) is 11.0. The summed E-state index contributed by atoms with van der Waals surface area (Å²) >= 11 is 7.72. The molecular formula is C12H14ClN3S. The van der Waals surface area contributed by atoms with Gasteiger partial charge in [-0.1, -0.05) is 17.7 Å². The van der Waals surface area contributed by atoms with E-state index in [1.54, 1.807) is 6.20 Å². The maximum absolute atomic E-state index is 5.88. The molecule has 3 heterocycles. The summed E-state index contributed by atoms with van der Waals surface area (Å²) in [7, 11) is 0. The van der Waals surface area contributed by atoms with Crippen molar-refractivity contribution in [2.45, 2.75) is 25.6 Å². The first-order chi connectivity index (χ1) is 8.33. The Kier molecular flexibility index (Phi) is 3.18. The van der Waals surface area contributed by atoms with E-state index in [2.05, 4.69) is 27.5 Å². The minimum atomic E-state index is 0.554. The fourth-order valence-corrected chi connectivity index (χ4v) is 3.45. The maximum Gasteiger partial charge on any atom is 0.0934 e. The average molecular weight is 268 g/mol. The minimum absolute atomic E-state index is 0.554. The summed E-state index contributed by atoms with van der Waals surface area (Å²) in [6.45, 7) is 1.97. The summed E-state index contributed by atoms with van der Waals surface area (Å²) in [6, 6.07) is 4.91. The first-order valence-electron chi connectivity index (χ1n) is 5.78. The quantitative estimate of drug-likeness (QED) is 0.850. The van der Waals surface area contributed by atoms with Crippen molar-refractivity contribution in [3.05, 3.63) is 39.8 Å². The van der Waals surface area contributed by atoms with E-state index in [4.69, 9.17) is 11.6 Å². The molecule has 3 rings (SSSR count). The second kappa shape index (κ2) is 4.80. The van der Waals surface area contributed by atoms with Gasteiger partial charge >= 0.3 is 0 Å². The number of likely N-dealkylation sites (tertiary alicyclic amines) is 1. The molecule has 0 saturated carbocycles. The van der Waals surface area contributed by atoms with Crippen molar-refractivity contribution < 1.29 is 0 Å². The Balaban J connectivity index is 1.74. The summed E-state index contributed by atoms with van der Waals surface area (Å²) in [5.74, 6) is 0. The molecule has 1 atom stereocenters. The first-order valence-corrected chi connectivity index (χ1v) is 7.04. The van der Waals surface area contributed by atoms with Crippen molar-refractivity contribution in [2.75, 3.05) is 6.54 Å². The third kappa shape index (κ3) is 2.39. The standard InChI is InChI=1S/C12H14ClN3S/c13-10-7-14-16(8-10)9-15-5-1-3-11(15)12-4-2-6-17-12/h2,4,6-8,11H,1,3,5,9H2. The van der Waals surface area contributed by atoms with E-state index in [0.29, 0.717) is 11.1 Å². The number of thiophene rings is 1. The molecule has 1 aliphatic rings. The third-order valence-electron chi connectivity index (χ3n) is 3.16. The SMILES string of the molecule is Clc1cnn(CN2CCCC2c2cccs2)c1. The summed E-state index contributed by atoms with van der Waals surface area (Å²) in [6.07, 6.45) is 6.08. The molecular weight excluding hydrogens is 254 g/mol. The van der Waals surface area contributed by atoms with Gasteiger partial charge in [0.05, 0.1) is 17.9 Å². The Labute approximate surface area is 110 Å². The van der Waals surface area contributed by atoms with Gasteiger partial charge in [0.1, 0.15) is 0 Å². The van der Waals surface area contributed by atoms with Crippen LogP contribution in [0.25, 0.3) is 0 Å². The molecule has 0 radical (unpaired) electrons. The Bertz CT molecular complexity index is 480. The van der Waals surface area contributed by atoms with Gasteiger partial charge in [0.15, 0.2) is 0 Å². The smallest absolute Gasteiger partial charge is 0.0934 e. The molecule has 3 nitrogen and oxygen atoms in total. The normalized spacial score (nSPS) is 21.1. The predicted octanol–water partition coefficient (Wildman–Crippen LogP) is 3.39. The molecule has 0 N–H and O–H groups in total. The average Bonchev–Trinajstić information content (AvgIpc) is 3.00. The lowest BCUT2D eigenvalue weighted by molar-refractivity contribution is 0.194. The molecule has 1 fully saturated rings. The molecule has 0 aliphatic carbocycles. The number of nitrogens with zero attached hydrogens (tertiary/aromatic N) is 3. The number of hydrogen-bond acceptors (Lipinski definition) is 3. The Morgan fingerprint density at radius 1 is 1.53 bits per heavy atom. The van der Waals surface area contributed by atoms with Crippen LogP contribution in [0.15, 0.2) is 29.9 Å². The van der Waals surface area contributed by atoms with Crippen LogP contribution >= 0.6 is 22.9 Å². The van der Waals surface area contributed by atoms with Gasteiger partial charge in [-0.15, -0.1) is 11.3 Å². The molecule has 17 heavy (non-hydrogen) atoms. The van der Waals surface area contributed by atoms with E-state index in [9.17, 15) is 0 Å². The molecule has 2 aromatic heterocycles. The van der Waals surface area contributed by atoms with Crippen molar-refractivity contribution >= 4 is 22.9 Å². The van der Waals surface area contributed by atoms with Gasteiger partial charge in [-0.2, -0.15) is 5.10 Å². The van der Waals surface area contributed by atoms with Crippen LogP contribution in [0.1, 0.15) is 23.8 Å². The van der Waals surface area contributed by atoms with Gasteiger partial charge in [0.25, 0.3) is 0 Å². The van der Waals surface area contributed by atoms with E-state index in [0.717, 1.165) is 13.2 Å². The highest BCUT2D eigenvalue weighted by atomic mass is 35.5. The third-order valence-corrected chi connectivity index (χ3v) is 4.33. The Morgan fingerprint density at radius 3 is 3.18 bits per heavy atom. The highest BCUT2D eigenvalue weighted by Gasteiger charge is 2.26. The summed E-state index contributed by atoms with van der Waals surface area (Å²) in [5, 5.41) is 7.10. The van der Waals surface area contributed by atoms with Crippen LogP contribution in [0.2, 0.25) is 5.02 Å². The predicted molar refractivity (Wildman–Crippen MR) is 70.2 cm³/mol. The van der Waals surface area contributed by atoms with Crippen LogP contribution < -0.4 is 0 Å². The van der Waals surface area contributed by atoms with Crippen LogP contribution in [0.3, 0.4) is 0 Å². The van der Waals surface area contributed by atoms with Gasteiger partial charge in [0, 0.05) is 23.7 Å². The molecule has 90 valence electrons. The second-order valence-corrected chi connectivity index (χ2v) is 5.74. The van der Waals surface area contributed by atoms with Crippen LogP contribution in [-0.2, 0) is 6.67 Å². The fourth-order valence-electron chi connectivity index (χ4n) is 2.40. The number of aromatic nitrogens is 2. The minimum Gasteiger partial charge on any atom is -0.276 e. The van der Waals surface area contributed by atoms with Gasteiger partial charge in [0.2, 0.25) is 0 Å². The summed E-state index contributed by atoms with van der Waals surface area (Å²) < 4.78 is 1.91. The molecule has 1 saturated heterocycles. The largest absolute Gasteiger partial charge is 0.276 e. The van der Waals surface area contributed by atoms with Crippen molar-refractivity contribution in [1.82, 2.24) is 14.7 Å².